The smallest absolute Gasteiger partial charge is 0.326 e. The molecule has 0 radical (unpaired) electrons. The molecule has 6 nitrogen and oxygen atoms in total. The van der Waals surface area contributed by atoms with Gasteiger partial charge in [-0.3, -0.25) is 9.59 Å². The van der Waals surface area contributed by atoms with Crippen molar-refractivity contribution in [2.45, 2.75) is 50.6 Å². The molecule has 25 heavy (non-hydrogen) atoms. The van der Waals surface area contributed by atoms with E-state index in [1.165, 1.54) is 0 Å². The highest BCUT2D eigenvalue weighted by molar-refractivity contribution is 6.10. The van der Waals surface area contributed by atoms with Crippen LogP contribution in [-0.4, -0.2) is 28.8 Å². The largest absolute Gasteiger partial charge is 0.368 e. The molecule has 1 spiro atoms. The van der Waals surface area contributed by atoms with Crippen LogP contribution in [-0.2, 0) is 21.5 Å². The van der Waals surface area contributed by atoms with Crippen molar-refractivity contribution < 1.29 is 14.4 Å². The summed E-state index contributed by atoms with van der Waals surface area (Å²) in [6.07, 6.45) is 4.41. The van der Waals surface area contributed by atoms with E-state index in [1.807, 2.05) is 31.2 Å². The number of benzene rings is 1. The average molecular weight is 341 g/mol. The molecule has 1 aromatic rings. The van der Waals surface area contributed by atoms with Gasteiger partial charge in [0.15, 0.2) is 0 Å². The summed E-state index contributed by atoms with van der Waals surface area (Å²) in [5.74, 6) is -0.720. The Balaban J connectivity index is 1.71. The molecule has 1 saturated heterocycles. The molecule has 1 aromatic carbocycles. The highest BCUT2D eigenvalue weighted by Gasteiger charge is 2.58. The maximum absolute atomic E-state index is 13.3. The number of urea groups is 1. The Labute approximate surface area is 146 Å². The Morgan fingerprint density at radius 1 is 1.32 bits per heavy atom. The lowest BCUT2D eigenvalue weighted by Crippen LogP contribution is -2.54. The predicted octanol–water partition coefficient (Wildman–Crippen LogP) is 1.67. The van der Waals surface area contributed by atoms with Gasteiger partial charge in [-0.1, -0.05) is 50.5 Å². The molecule has 1 heterocycles. The second-order valence-electron chi connectivity index (χ2n) is 7.57. The second kappa shape index (κ2) is 5.58. The lowest BCUT2D eigenvalue weighted by atomic mass is 9.73. The number of nitrogens with zero attached hydrogens (tertiary/aromatic N) is 1. The van der Waals surface area contributed by atoms with Gasteiger partial charge in [-0.2, -0.15) is 0 Å². The number of rotatable bonds is 4. The van der Waals surface area contributed by atoms with Crippen molar-refractivity contribution in [2.24, 2.45) is 17.6 Å². The lowest BCUT2D eigenvalue weighted by molar-refractivity contribution is -0.140. The van der Waals surface area contributed by atoms with Gasteiger partial charge in [0.05, 0.1) is 0 Å². The van der Waals surface area contributed by atoms with E-state index in [1.54, 1.807) is 0 Å². The third kappa shape index (κ3) is 2.19. The van der Waals surface area contributed by atoms with Crippen LogP contribution in [0.4, 0.5) is 4.79 Å². The molecule has 3 atom stereocenters. The van der Waals surface area contributed by atoms with Crippen molar-refractivity contribution in [2.75, 3.05) is 0 Å². The van der Waals surface area contributed by atoms with E-state index in [9.17, 15) is 14.4 Å². The van der Waals surface area contributed by atoms with Crippen molar-refractivity contribution in [1.29, 1.82) is 0 Å². The standard InChI is InChI=1S/C19H23N3O3/c1-11(12-6-4-7-12)15(16(20)23)22-17(24)19(21-18(22)25)10-9-13-5-2-3-8-14(13)19/h2-3,5,8,11-12,15H,4,6-7,9-10H2,1H3,(H2,20,23)(H,21,25)/t11?,15-,19-/m0/s1. The van der Waals surface area contributed by atoms with Crippen molar-refractivity contribution >= 4 is 17.8 Å². The van der Waals surface area contributed by atoms with Crippen LogP contribution in [0, 0.1) is 11.8 Å². The maximum atomic E-state index is 13.3. The minimum Gasteiger partial charge on any atom is -0.368 e. The van der Waals surface area contributed by atoms with Gasteiger partial charge in [-0.05, 0) is 35.8 Å². The van der Waals surface area contributed by atoms with Crippen molar-refractivity contribution in [3.63, 3.8) is 0 Å². The fraction of sp³-hybridized carbons (Fsp3) is 0.526. The Hall–Kier alpha value is -2.37. The number of hydrogen-bond donors (Lipinski definition) is 2. The molecule has 0 aromatic heterocycles. The number of primary amides is 1. The first-order valence-electron chi connectivity index (χ1n) is 8.99. The third-order valence-corrected chi connectivity index (χ3v) is 6.33. The topological polar surface area (TPSA) is 92.5 Å². The summed E-state index contributed by atoms with van der Waals surface area (Å²) >= 11 is 0. The highest BCUT2D eigenvalue weighted by Crippen LogP contribution is 2.44. The van der Waals surface area contributed by atoms with Gasteiger partial charge in [0.1, 0.15) is 11.6 Å². The molecule has 4 rings (SSSR count). The van der Waals surface area contributed by atoms with E-state index in [4.69, 9.17) is 5.73 Å². The monoisotopic (exact) mass is 341 g/mol. The first-order valence-corrected chi connectivity index (χ1v) is 8.99. The predicted molar refractivity (Wildman–Crippen MR) is 91.3 cm³/mol. The van der Waals surface area contributed by atoms with E-state index < -0.39 is 23.5 Å². The molecular formula is C19H23N3O3. The fourth-order valence-electron chi connectivity index (χ4n) is 4.66. The Kier molecular flexibility index (Phi) is 3.60. The number of carbonyl (C=O) groups is 3. The van der Waals surface area contributed by atoms with Gasteiger partial charge < -0.3 is 11.1 Å². The lowest BCUT2D eigenvalue weighted by Gasteiger charge is -2.38. The number of carbonyl (C=O) groups excluding carboxylic acids is 3. The Morgan fingerprint density at radius 3 is 2.68 bits per heavy atom. The van der Waals surface area contributed by atoms with Crippen LogP contribution in [0.5, 0.6) is 0 Å². The zero-order chi connectivity index (χ0) is 17.8. The molecule has 132 valence electrons. The minimum absolute atomic E-state index is 0.118. The first kappa shape index (κ1) is 16.1. The van der Waals surface area contributed by atoms with Crippen LogP contribution in [0.3, 0.4) is 0 Å². The zero-order valence-corrected chi connectivity index (χ0v) is 14.3. The van der Waals surface area contributed by atoms with E-state index in [0.29, 0.717) is 12.3 Å². The normalized spacial score (nSPS) is 27.8. The molecular weight excluding hydrogens is 318 g/mol. The van der Waals surface area contributed by atoms with Crippen LogP contribution in [0.2, 0.25) is 0 Å². The molecule has 1 unspecified atom stereocenters. The van der Waals surface area contributed by atoms with Crippen LogP contribution in [0.25, 0.3) is 0 Å². The summed E-state index contributed by atoms with van der Waals surface area (Å²) < 4.78 is 0. The number of amides is 4. The van der Waals surface area contributed by atoms with Crippen LogP contribution < -0.4 is 11.1 Å². The molecule has 1 aliphatic heterocycles. The number of nitrogens with two attached hydrogens (primary N) is 1. The van der Waals surface area contributed by atoms with Gasteiger partial charge >= 0.3 is 6.03 Å². The van der Waals surface area contributed by atoms with Gasteiger partial charge in [-0.15, -0.1) is 0 Å². The molecule has 2 aliphatic carbocycles. The van der Waals surface area contributed by atoms with Gasteiger partial charge in [0.2, 0.25) is 5.91 Å². The van der Waals surface area contributed by atoms with Crippen molar-refractivity contribution in [1.82, 2.24) is 10.2 Å². The zero-order valence-electron chi connectivity index (χ0n) is 14.3. The number of fused-ring (bicyclic) bond motifs is 2. The fourth-order valence-corrected chi connectivity index (χ4v) is 4.66. The first-order chi connectivity index (χ1) is 12.0. The Bertz CT molecular complexity index is 758. The molecule has 6 heteroatoms. The van der Waals surface area contributed by atoms with Crippen LogP contribution in [0.15, 0.2) is 24.3 Å². The molecule has 3 aliphatic rings. The van der Waals surface area contributed by atoms with Gasteiger partial charge in [-0.25, -0.2) is 9.69 Å². The second-order valence-corrected chi connectivity index (χ2v) is 7.57. The SMILES string of the molecule is CC(C1CCC1)[C@@H](C(N)=O)N1C(=O)N[C@]2(CCc3ccccc32)C1=O. The summed E-state index contributed by atoms with van der Waals surface area (Å²) in [6, 6.07) is 6.28. The van der Waals surface area contributed by atoms with E-state index in [2.05, 4.69) is 5.32 Å². The third-order valence-electron chi connectivity index (χ3n) is 6.33. The van der Waals surface area contributed by atoms with Crippen molar-refractivity contribution in [3.8, 4) is 0 Å². The molecule has 4 amide bonds. The maximum Gasteiger partial charge on any atom is 0.326 e. The van der Waals surface area contributed by atoms with Gasteiger partial charge in [0.25, 0.3) is 5.91 Å². The number of nitrogens with one attached hydrogen (secondary N) is 1. The highest BCUT2D eigenvalue weighted by atomic mass is 16.2. The molecule has 0 bridgehead atoms. The number of aryl methyl sites for hydroxylation is 1. The number of hydrogen-bond acceptors (Lipinski definition) is 3. The van der Waals surface area contributed by atoms with Gasteiger partial charge in [0, 0.05) is 0 Å². The average Bonchev–Trinajstić information content (AvgIpc) is 3.00. The quantitative estimate of drug-likeness (QED) is 0.816. The van der Waals surface area contributed by atoms with E-state index in [-0.39, 0.29) is 11.8 Å². The van der Waals surface area contributed by atoms with Crippen LogP contribution >= 0.6 is 0 Å². The number of imide groups is 1. The summed E-state index contributed by atoms with van der Waals surface area (Å²) in [5.41, 5.74) is 6.50. The summed E-state index contributed by atoms with van der Waals surface area (Å²) in [7, 11) is 0. The van der Waals surface area contributed by atoms with E-state index in [0.717, 1.165) is 41.7 Å². The minimum atomic E-state index is -1.04. The Morgan fingerprint density at radius 2 is 2.04 bits per heavy atom. The molecule has 1 saturated carbocycles. The van der Waals surface area contributed by atoms with Crippen molar-refractivity contribution in [3.05, 3.63) is 35.4 Å². The van der Waals surface area contributed by atoms with E-state index >= 15 is 0 Å². The summed E-state index contributed by atoms with van der Waals surface area (Å²) in [5, 5.41) is 2.88. The molecule has 2 fully saturated rings. The summed E-state index contributed by atoms with van der Waals surface area (Å²) in [6.45, 7) is 1.92. The molecule has 3 N–H and O–H groups in total. The summed E-state index contributed by atoms with van der Waals surface area (Å²) in [4.78, 5) is 39.3. The van der Waals surface area contributed by atoms with Crippen LogP contribution in [0.1, 0.15) is 43.7 Å².